The SMILES string of the molecule is CN1C(=S)N(c2ccc(C#N)c(C(F)(F)F)c2)C(=N)C1(C)COC1CCCCO1. The van der Waals surface area contributed by atoms with Gasteiger partial charge in [0, 0.05) is 13.7 Å². The first kappa shape index (κ1) is 21.5. The molecule has 0 bridgehead atoms. The number of likely N-dealkylation sites (N-methyl/N-ethyl adjacent to an activating group) is 1. The first-order chi connectivity index (χ1) is 13.6. The van der Waals surface area contributed by atoms with Crippen LogP contribution in [-0.4, -0.2) is 47.9 Å². The summed E-state index contributed by atoms with van der Waals surface area (Å²) in [6, 6.07) is 4.86. The molecule has 2 aliphatic rings. The first-order valence-electron chi connectivity index (χ1n) is 9.11. The lowest BCUT2D eigenvalue weighted by Gasteiger charge is -2.33. The fraction of sp³-hybridized carbons (Fsp3) is 0.526. The number of hydrogen-bond donors (Lipinski definition) is 1. The maximum absolute atomic E-state index is 13.4. The molecular formula is C19H21F3N4O2S. The van der Waals surface area contributed by atoms with Crippen LogP contribution in [0.5, 0.6) is 0 Å². The molecule has 1 aromatic carbocycles. The highest BCUT2D eigenvalue weighted by Crippen LogP contribution is 2.37. The maximum Gasteiger partial charge on any atom is 0.417 e. The van der Waals surface area contributed by atoms with Crippen molar-refractivity contribution in [2.75, 3.05) is 25.2 Å². The van der Waals surface area contributed by atoms with E-state index >= 15 is 0 Å². The zero-order chi connectivity index (χ0) is 21.4. The quantitative estimate of drug-likeness (QED) is 0.737. The number of hydrogen-bond acceptors (Lipinski definition) is 5. The predicted molar refractivity (Wildman–Crippen MR) is 105 cm³/mol. The van der Waals surface area contributed by atoms with Crippen molar-refractivity contribution in [3.05, 3.63) is 29.3 Å². The number of ether oxygens (including phenoxy) is 2. The Labute approximate surface area is 172 Å². The van der Waals surface area contributed by atoms with Crippen molar-refractivity contribution in [1.82, 2.24) is 4.90 Å². The molecule has 3 rings (SSSR count). The van der Waals surface area contributed by atoms with Crippen LogP contribution in [0.2, 0.25) is 0 Å². The van der Waals surface area contributed by atoms with Crippen LogP contribution in [0.3, 0.4) is 0 Å². The number of alkyl halides is 3. The lowest BCUT2D eigenvalue weighted by atomic mass is 10.0. The molecule has 0 saturated carbocycles. The second kappa shape index (κ2) is 7.89. The molecule has 0 amide bonds. The topological polar surface area (TPSA) is 72.6 Å². The van der Waals surface area contributed by atoms with Crippen molar-refractivity contribution in [1.29, 1.82) is 10.7 Å². The van der Waals surface area contributed by atoms with Gasteiger partial charge < -0.3 is 14.4 Å². The van der Waals surface area contributed by atoms with Crippen molar-refractivity contribution in [2.24, 2.45) is 0 Å². The zero-order valence-electron chi connectivity index (χ0n) is 16.0. The molecule has 6 nitrogen and oxygen atoms in total. The van der Waals surface area contributed by atoms with Crippen LogP contribution >= 0.6 is 12.2 Å². The van der Waals surface area contributed by atoms with E-state index in [0.29, 0.717) is 6.61 Å². The Kier molecular flexibility index (Phi) is 5.85. The molecule has 2 aliphatic heterocycles. The second-order valence-corrected chi connectivity index (χ2v) is 7.61. The third-order valence-corrected chi connectivity index (χ3v) is 5.78. The van der Waals surface area contributed by atoms with Crippen molar-refractivity contribution < 1.29 is 22.6 Å². The maximum atomic E-state index is 13.4. The molecule has 0 aliphatic carbocycles. The summed E-state index contributed by atoms with van der Waals surface area (Å²) in [5, 5.41) is 17.8. The third-order valence-electron chi connectivity index (χ3n) is 5.33. The van der Waals surface area contributed by atoms with Gasteiger partial charge in [0.1, 0.15) is 11.4 Å². The molecule has 29 heavy (non-hydrogen) atoms. The summed E-state index contributed by atoms with van der Waals surface area (Å²) in [5.74, 6) is -0.00126. The fourth-order valence-electron chi connectivity index (χ4n) is 3.36. The van der Waals surface area contributed by atoms with Gasteiger partial charge in [-0.1, -0.05) is 0 Å². The van der Waals surface area contributed by atoms with Gasteiger partial charge in [0.25, 0.3) is 0 Å². The number of amidine groups is 1. The number of nitriles is 1. The molecule has 1 aromatic rings. The van der Waals surface area contributed by atoms with Gasteiger partial charge in [0.2, 0.25) is 0 Å². The Balaban J connectivity index is 1.88. The summed E-state index contributed by atoms with van der Waals surface area (Å²) >= 11 is 5.42. The summed E-state index contributed by atoms with van der Waals surface area (Å²) in [6.45, 7) is 2.47. The predicted octanol–water partition coefficient (Wildman–Crippen LogP) is 3.89. The highest BCUT2D eigenvalue weighted by molar-refractivity contribution is 7.80. The Morgan fingerprint density at radius 2 is 2.14 bits per heavy atom. The monoisotopic (exact) mass is 426 g/mol. The van der Waals surface area contributed by atoms with E-state index in [1.54, 1.807) is 24.9 Å². The van der Waals surface area contributed by atoms with Crippen LogP contribution < -0.4 is 4.90 Å². The lowest BCUT2D eigenvalue weighted by Crippen LogP contribution is -2.49. The molecule has 2 unspecified atom stereocenters. The Morgan fingerprint density at radius 3 is 2.72 bits per heavy atom. The van der Waals surface area contributed by atoms with Gasteiger partial charge in [0.15, 0.2) is 11.4 Å². The van der Waals surface area contributed by atoms with Gasteiger partial charge in [-0.3, -0.25) is 10.3 Å². The average Bonchev–Trinajstić information content (AvgIpc) is 2.87. The number of rotatable bonds is 4. The van der Waals surface area contributed by atoms with E-state index < -0.39 is 22.8 Å². The van der Waals surface area contributed by atoms with Gasteiger partial charge >= 0.3 is 6.18 Å². The molecule has 1 N–H and O–H groups in total. The number of thiocarbonyl (C=S) groups is 1. The zero-order valence-corrected chi connectivity index (χ0v) is 16.9. The van der Waals surface area contributed by atoms with E-state index in [1.807, 2.05) is 0 Å². The third kappa shape index (κ3) is 3.95. The van der Waals surface area contributed by atoms with Crippen molar-refractivity contribution in [3.63, 3.8) is 0 Å². The normalized spacial score (nSPS) is 25.4. The summed E-state index contributed by atoms with van der Waals surface area (Å²) in [4.78, 5) is 2.91. The van der Waals surface area contributed by atoms with Gasteiger partial charge in [-0.15, -0.1) is 0 Å². The van der Waals surface area contributed by atoms with Crippen molar-refractivity contribution >= 4 is 28.9 Å². The van der Waals surface area contributed by atoms with E-state index in [-0.39, 0.29) is 29.5 Å². The standard InChI is InChI=1S/C19H21F3N4O2S/c1-18(11-28-15-5-3-4-8-27-15)16(24)26(17(29)25(18)2)13-7-6-12(10-23)14(9-13)19(20,21)22/h6-7,9,15,24H,3-5,8,11H2,1-2H3. The molecule has 2 heterocycles. The number of benzene rings is 1. The number of nitrogens with one attached hydrogen (secondary N) is 1. The van der Waals surface area contributed by atoms with Crippen LogP contribution in [0, 0.1) is 16.7 Å². The van der Waals surface area contributed by atoms with Crippen LogP contribution in [-0.2, 0) is 15.7 Å². The van der Waals surface area contributed by atoms with Gasteiger partial charge in [-0.2, -0.15) is 18.4 Å². The molecule has 0 aromatic heterocycles. The Hall–Kier alpha value is -2.22. The van der Waals surface area contributed by atoms with Gasteiger partial charge in [0.05, 0.1) is 29.5 Å². The molecule has 2 saturated heterocycles. The van der Waals surface area contributed by atoms with Crippen LogP contribution in [0.15, 0.2) is 18.2 Å². The molecule has 0 radical (unpaired) electrons. The number of nitrogens with zero attached hydrogens (tertiary/aromatic N) is 3. The minimum atomic E-state index is -4.69. The fourth-order valence-corrected chi connectivity index (χ4v) is 3.76. The van der Waals surface area contributed by atoms with E-state index in [1.165, 1.54) is 11.0 Å². The molecule has 156 valence electrons. The first-order valence-corrected chi connectivity index (χ1v) is 9.52. The largest absolute Gasteiger partial charge is 0.417 e. The highest BCUT2D eigenvalue weighted by Gasteiger charge is 2.49. The Bertz CT molecular complexity index is 864. The summed E-state index contributed by atoms with van der Waals surface area (Å²) in [7, 11) is 1.68. The molecule has 2 atom stereocenters. The smallest absolute Gasteiger partial charge is 0.353 e. The average molecular weight is 426 g/mol. The van der Waals surface area contributed by atoms with Crippen LogP contribution in [0.4, 0.5) is 18.9 Å². The summed E-state index contributed by atoms with van der Waals surface area (Å²) in [5.41, 5.74) is -2.43. The van der Waals surface area contributed by atoms with Gasteiger partial charge in [-0.05, 0) is 56.6 Å². The summed E-state index contributed by atoms with van der Waals surface area (Å²) in [6.07, 6.45) is -2.33. The molecular weight excluding hydrogens is 405 g/mol. The molecule has 10 heteroatoms. The van der Waals surface area contributed by atoms with E-state index in [4.69, 9.17) is 32.4 Å². The van der Waals surface area contributed by atoms with Crippen molar-refractivity contribution in [2.45, 2.75) is 44.2 Å². The highest BCUT2D eigenvalue weighted by atomic mass is 32.1. The van der Waals surface area contributed by atoms with Gasteiger partial charge in [-0.25, -0.2) is 0 Å². The minimum Gasteiger partial charge on any atom is -0.353 e. The van der Waals surface area contributed by atoms with E-state index in [2.05, 4.69) is 0 Å². The van der Waals surface area contributed by atoms with Crippen LogP contribution in [0.1, 0.15) is 37.3 Å². The van der Waals surface area contributed by atoms with E-state index in [9.17, 15) is 13.2 Å². The Morgan fingerprint density at radius 1 is 1.41 bits per heavy atom. The summed E-state index contributed by atoms with van der Waals surface area (Å²) < 4.78 is 51.5. The minimum absolute atomic E-state index is 0.00126. The van der Waals surface area contributed by atoms with Crippen molar-refractivity contribution in [3.8, 4) is 6.07 Å². The van der Waals surface area contributed by atoms with Crippen LogP contribution in [0.25, 0.3) is 0 Å². The second-order valence-electron chi connectivity index (χ2n) is 7.25. The molecule has 0 spiro atoms. The number of halogens is 3. The molecule has 2 fully saturated rings. The number of anilines is 1. The van der Waals surface area contributed by atoms with E-state index in [0.717, 1.165) is 31.4 Å². The lowest BCUT2D eigenvalue weighted by molar-refractivity contribution is -0.171.